The highest BCUT2D eigenvalue weighted by Crippen LogP contribution is 2.15. The van der Waals surface area contributed by atoms with Crippen LogP contribution >= 0.6 is 0 Å². The highest BCUT2D eigenvalue weighted by atomic mass is 16.5. The summed E-state index contributed by atoms with van der Waals surface area (Å²) in [5.41, 5.74) is 1.66. The van der Waals surface area contributed by atoms with E-state index in [1.54, 1.807) is 24.3 Å². The third-order valence-corrected chi connectivity index (χ3v) is 1.90. The number of benzene rings is 1. The molecule has 0 unspecified atom stereocenters. The fraction of sp³-hybridized carbons (Fsp3) is 0.308. The Morgan fingerprint density at radius 1 is 1.35 bits per heavy atom. The van der Waals surface area contributed by atoms with E-state index in [-0.39, 0.29) is 19.1 Å². The molecule has 0 radical (unpaired) electrons. The van der Waals surface area contributed by atoms with Crippen molar-refractivity contribution >= 4 is 11.6 Å². The average Bonchev–Trinajstić information content (AvgIpc) is 2.27. The lowest BCUT2D eigenvalue weighted by molar-refractivity contribution is -0.111. The lowest BCUT2D eigenvalue weighted by Crippen LogP contribution is -2.08. The van der Waals surface area contributed by atoms with E-state index in [9.17, 15) is 4.79 Å². The van der Waals surface area contributed by atoms with Crippen molar-refractivity contribution in [3.8, 4) is 5.75 Å². The maximum Gasteiger partial charge on any atom is 0.248 e. The van der Waals surface area contributed by atoms with Crippen molar-refractivity contribution in [3.05, 3.63) is 35.9 Å². The quantitative estimate of drug-likeness (QED) is 0.767. The van der Waals surface area contributed by atoms with Crippen LogP contribution in [0.3, 0.4) is 0 Å². The molecule has 0 aliphatic rings. The minimum absolute atomic E-state index is 0.0148. The molecule has 1 rings (SSSR count). The zero-order chi connectivity index (χ0) is 12.7. The number of aliphatic hydroxyl groups excluding tert-OH is 1. The Morgan fingerprint density at radius 3 is 2.53 bits per heavy atom. The number of carbonyl (C=O) groups is 1. The van der Waals surface area contributed by atoms with E-state index < -0.39 is 0 Å². The Bertz CT molecular complexity index is 392. The van der Waals surface area contributed by atoms with Gasteiger partial charge in [-0.25, -0.2) is 0 Å². The molecule has 4 nitrogen and oxygen atoms in total. The van der Waals surface area contributed by atoms with Gasteiger partial charge in [-0.1, -0.05) is 5.57 Å². The summed E-state index contributed by atoms with van der Waals surface area (Å²) < 4.78 is 5.21. The van der Waals surface area contributed by atoms with E-state index in [4.69, 9.17) is 9.84 Å². The monoisotopic (exact) mass is 235 g/mol. The summed E-state index contributed by atoms with van der Waals surface area (Å²) >= 11 is 0. The number of rotatable bonds is 5. The van der Waals surface area contributed by atoms with Gasteiger partial charge in [-0.2, -0.15) is 0 Å². The lowest BCUT2D eigenvalue weighted by atomic mass is 10.3. The largest absolute Gasteiger partial charge is 0.491 e. The van der Waals surface area contributed by atoms with E-state index in [2.05, 4.69) is 5.32 Å². The molecule has 0 fully saturated rings. The van der Waals surface area contributed by atoms with Gasteiger partial charge in [-0.05, 0) is 38.1 Å². The van der Waals surface area contributed by atoms with Crippen molar-refractivity contribution in [2.45, 2.75) is 13.8 Å². The standard InChI is InChI=1S/C13H17NO3/c1-10(2)9-13(16)14-11-3-5-12(6-4-11)17-8-7-15/h3-6,9,15H,7-8H2,1-2H3,(H,14,16). The summed E-state index contributed by atoms with van der Waals surface area (Å²) in [6.45, 7) is 3.99. The number of nitrogens with one attached hydrogen (secondary N) is 1. The average molecular weight is 235 g/mol. The fourth-order valence-electron chi connectivity index (χ4n) is 1.24. The molecule has 0 aliphatic carbocycles. The number of allylic oxidation sites excluding steroid dienone is 1. The molecule has 2 N–H and O–H groups in total. The van der Waals surface area contributed by atoms with Crippen molar-refractivity contribution < 1.29 is 14.6 Å². The van der Waals surface area contributed by atoms with Gasteiger partial charge in [0.05, 0.1) is 6.61 Å². The second kappa shape index (κ2) is 6.70. The van der Waals surface area contributed by atoms with Gasteiger partial charge in [0.25, 0.3) is 0 Å². The van der Waals surface area contributed by atoms with Gasteiger partial charge in [0, 0.05) is 11.8 Å². The molecule has 0 heterocycles. The molecule has 0 saturated carbocycles. The first-order valence-corrected chi connectivity index (χ1v) is 5.41. The van der Waals surface area contributed by atoms with Gasteiger partial charge in [0.2, 0.25) is 5.91 Å². The number of ether oxygens (including phenoxy) is 1. The van der Waals surface area contributed by atoms with Crippen molar-refractivity contribution in [1.82, 2.24) is 0 Å². The fourth-order valence-corrected chi connectivity index (χ4v) is 1.24. The van der Waals surface area contributed by atoms with Crippen LogP contribution < -0.4 is 10.1 Å². The Hall–Kier alpha value is -1.81. The summed E-state index contributed by atoms with van der Waals surface area (Å²) in [6, 6.07) is 6.99. The molecular formula is C13H17NO3. The predicted molar refractivity (Wildman–Crippen MR) is 67.1 cm³/mol. The molecule has 1 aromatic rings. The second-order valence-corrected chi connectivity index (χ2v) is 3.81. The Morgan fingerprint density at radius 2 is 2.00 bits per heavy atom. The number of aliphatic hydroxyl groups is 1. The SMILES string of the molecule is CC(C)=CC(=O)Nc1ccc(OCCO)cc1. The lowest BCUT2D eigenvalue weighted by Gasteiger charge is -2.06. The summed E-state index contributed by atoms with van der Waals surface area (Å²) in [5.74, 6) is 0.522. The topological polar surface area (TPSA) is 58.6 Å². The Balaban J connectivity index is 2.56. The predicted octanol–water partition coefficient (Wildman–Crippen LogP) is 1.96. The Kier molecular flexibility index (Phi) is 5.23. The van der Waals surface area contributed by atoms with E-state index in [1.165, 1.54) is 6.08 Å². The number of carbonyl (C=O) groups excluding carboxylic acids is 1. The maximum atomic E-state index is 11.4. The molecule has 0 aliphatic heterocycles. The van der Waals surface area contributed by atoms with E-state index in [0.717, 1.165) is 5.57 Å². The van der Waals surface area contributed by atoms with Gasteiger partial charge in [0.1, 0.15) is 12.4 Å². The van der Waals surface area contributed by atoms with Crippen molar-refractivity contribution in [2.24, 2.45) is 0 Å². The highest BCUT2D eigenvalue weighted by molar-refractivity contribution is 5.99. The second-order valence-electron chi connectivity index (χ2n) is 3.81. The molecule has 0 saturated heterocycles. The molecule has 0 aromatic heterocycles. The van der Waals surface area contributed by atoms with Crippen LogP contribution in [0.5, 0.6) is 5.75 Å². The van der Waals surface area contributed by atoms with E-state index >= 15 is 0 Å². The molecule has 17 heavy (non-hydrogen) atoms. The van der Waals surface area contributed by atoms with Crippen molar-refractivity contribution in [2.75, 3.05) is 18.5 Å². The van der Waals surface area contributed by atoms with Gasteiger partial charge in [0.15, 0.2) is 0 Å². The van der Waals surface area contributed by atoms with E-state index in [0.29, 0.717) is 11.4 Å². The molecule has 0 atom stereocenters. The summed E-state index contributed by atoms with van der Waals surface area (Å²) in [7, 11) is 0. The zero-order valence-corrected chi connectivity index (χ0v) is 10.1. The van der Waals surface area contributed by atoms with Crippen LogP contribution in [-0.2, 0) is 4.79 Å². The van der Waals surface area contributed by atoms with Crippen LogP contribution in [0.1, 0.15) is 13.8 Å². The first-order valence-electron chi connectivity index (χ1n) is 5.41. The minimum atomic E-state index is -0.144. The number of amides is 1. The third-order valence-electron chi connectivity index (χ3n) is 1.90. The molecular weight excluding hydrogens is 218 g/mol. The summed E-state index contributed by atoms with van der Waals surface area (Å²) in [5, 5.41) is 11.3. The van der Waals surface area contributed by atoms with Crippen LogP contribution in [0.25, 0.3) is 0 Å². The molecule has 0 spiro atoms. The Labute approximate surface area is 101 Å². The smallest absolute Gasteiger partial charge is 0.248 e. The van der Waals surface area contributed by atoms with Crippen LogP contribution in [0.15, 0.2) is 35.9 Å². The normalized spacial score (nSPS) is 9.59. The van der Waals surface area contributed by atoms with Crippen LogP contribution in [0, 0.1) is 0 Å². The van der Waals surface area contributed by atoms with Gasteiger partial charge >= 0.3 is 0 Å². The van der Waals surface area contributed by atoms with Crippen LogP contribution in [-0.4, -0.2) is 24.2 Å². The van der Waals surface area contributed by atoms with Gasteiger partial charge in [-0.3, -0.25) is 4.79 Å². The number of hydrogen-bond acceptors (Lipinski definition) is 3. The maximum absolute atomic E-state index is 11.4. The van der Waals surface area contributed by atoms with Crippen molar-refractivity contribution in [3.63, 3.8) is 0 Å². The first kappa shape index (κ1) is 13.3. The molecule has 92 valence electrons. The molecule has 1 amide bonds. The third kappa shape index (κ3) is 5.17. The highest BCUT2D eigenvalue weighted by Gasteiger charge is 1.99. The van der Waals surface area contributed by atoms with Gasteiger partial charge < -0.3 is 15.2 Å². The number of hydrogen-bond donors (Lipinski definition) is 2. The zero-order valence-electron chi connectivity index (χ0n) is 10.1. The van der Waals surface area contributed by atoms with Gasteiger partial charge in [-0.15, -0.1) is 0 Å². The number of anilines is 1. The molecule has 0 bridgehead atoms. The minimum Gasteiger partial charge on any atom is -0.491 e. The van der Waals surface area contributed by atoms with Crippen LogP contribution in [0.2, 0.25) is 0 Å². The van der Waals surface area contributed by atoms with Crippen LogP contribution in [0.4, 0.5) is 5.69 Å². The molecule has 4 heteroatoms. The van der Waals surface area contributed by atoms with E-state index in [1.807, 2.05) is 13.8 Å². The first-order chi connectivity index (χ1) is 8.11. The molecule has 1 aromatic carbocycles. The summed E-state index contributed by atoms with van der Waals surface area (Å²) in [4.78, 5) is 11.4. The van der Waals surface area contributed by atoms with Crippen molar-refractivity contribution in [1.29, 1.82) is 0 Å². The summed E-state index contributed by atoms with van der Waals surface area (Å²) in [6.07, 6.45) is 1.54.